The standard InChI is InChI=1S/C34H46N4O6S/c1-22(2)38-27-15-11-10-14-26(27)35-32(38)44-25-18-28-29(39)20-34(31(41)36-45(42,43)33(4)16-17-33)19-24(34)13-9-7-5-6-8-12-23(3)30(40)37(28)21-25/h9-11,13-15,22-25,28H,5-8,12,16-21H2,1-4H3,(H,36,41)/b13-9-/t23-,24-,25+,28-,34+/m0/s1. The van der Waals surface area contributed by atoms with E-state index in [4.69, 9.17) is 9.72 Å². The number of carbonyl (C=O) groups is 3. The molecule has 1 N–H and O–H groups in total. The molecule has 11 heteroatoms. The van der Waals surface area contributed by atoms with Crippen LogP contribution in [0, 0.1) is 17.3 Å². The van der Waals surface area contributed by atoms with Crippen molar-refractivity contribution in [3.63, 3.8) is 0 Å². The third-order valence-electron chi connectivity index (χ3n) is 10.5. The highest BCUT2D eigenvalue weighted by molar-refractivity contribution is 7.91. The Labute approximate surface area is 266 Å². The van der Waals surface area contributed by atoms with Crippen molar-refractivity contribution >= 4 is 38.7 Å². The van der Waals surface area contributed by atoms with Crippen LogP contribution in [0.5, 0.6) is 6.01 Å². The SMILES string of the molecule is CC(C)n1c(O[C@@H]2C[C@H]3C(=O)C[C@]4(C(=O)NS(=O)(=O)C5(C)CC5)C[C@@H]4/C=C\CCCCC[C@H](C)C(=O)N3C2)nc2ccccc21. The normalized spacial score (nSPS) is 31.1. The highest BCUT2D eigenvalue weighted by Crippen LogP contribution is 2.57. The molecule has 2 aromatic rings. The van der Waals surface area contributed by atoms with Gasteiger partial charge in [-0.25, -0.2) is 8.42 Å². The van der Waals surface area contributed by atoms with E-state index in [9.17, 15) is 22.8 Å². The van der Waals surface area contributed by atoms with Crippen molar-refractivity contribution < 1.29 is 27.5 Å². The highest BCUT2D eigenvalue weighted by Gasteiger charge is 2.62. The molecule has 1 saturated heterocycles. The quantitative estimate of drug-likeness (QED) is 0.437. The lowest BCUT2D eigenvalue weighted by Crippen LogP contribution is -2.46. The van der Waals surface area contributed by atoms with Crippen LogP contribution in [0.2, 0.25) is 0 Å². The fourth-order valence-corrected chi connectivity index (χ4v) is 8.43. The lowest BCUT2D eigenvalue weighted by atomic mass is 9.91. The Balaban J connectivity index is 1.28. The number of amides is 2. The molecule has 2 amide bonds. The van der Waals surface area contributed by atoms with Crippen LogP contribution in [-0.2, 0) is 24.4 Å². The zero-order valence-corrected chi connectivity index (χ0v) is 27.6. The molecular formula is C34H46N4O6S. The first-order valence-corrected chi connectivity index (χ1v) is 18.0. The number of aromatic nitrogens is 2. The molecule has 0 unspecified atom stereocenters. The number of hydrogen-bond acceptors (Lipinski definition) is 7. The first-order valence-electron chi connectivity index (χ1n) is 16.6. The van der Waals surface area contributed by atoms with Crippen molar-refractivity contribution in [3.8, 4) is 6.01 Å². The Morgan fingerprint density at radius 2 is 1.89 bits per heavy atom. The summed E-state index contributed by atoms with van der Waals surface area (Å²) >= 11 is 0. The first-order chi connectivity index (χ1) is 21.3. The van der Waals surface area contributed by atoms with Crippen LogP contribution in [0.25, 0.3) is 11.0 Å². The van der Waals surface area contributed by atoms with E-state index in [-0.39, 0.29) is 49.0 Å². The second-order valence-electron chi connectivity index (χ2n) is 14.3. The van der Waals surface area contributed by atoms with Gasteiger partial charge in [-0.3, -0.25) is 23.7 Å². The number of Topliss-reactive ketones (excluding diaryl/α,β-unsaturated/α-hetero) is 1. The molecule has 10 nitrogen and oxygen atoms in total. The van der Waals surface area contributed by atoms with Crippen LogP contribution >= 0.6 is 0 Å². The van der Waals surface area contributed by atoms with Crippen LogP contribution in [0.1, 0.15) is 97.9 Å². The van der Waals surface area contributed by atoms with E-state index in [1.54, 1.807) is 11.8 Å². The Morgan fingerprint density at radius 1 is 1.13 bits per heavy atom. The van der Waals surface area contributed by atoms with Gasteiger partial charge in [0.15, 0.2) is 5.78 Å². The number of hydrogen-bond donors (Lipinski definition) is 1. The number of nitrogens with zero attached hydrogens (tertiary/aromatic N) is 3. The number of sulfonamides is 1. The summed E-state index contributed by atoms with van der Waals surface area (Å²) in [6.45, 7) is 7.93. The fourth-order valence-electron chi connectivity index (χ4n) is 7.09. The van der Waals surface area contributed by atoms with Gasteiger partial charge in [-0.2, -0.15) is 4.98 Å². The molecule has 1 aromatic carbocycles. The smallest absolute Gasteiger partial charge is 0.297 e. The highest BCUT2D eigenvalue weighted by atomic mass is 32.2. The molecule has 5 atom stereocenters. The van der Waals surface area contributed by atoms with Gasteiger partial charge in [-0.1, -0.05) is 44.1 Å². The topological polar surface area (TPSA) is 128 Å². The molecule has 0 spiro atoms. The molecule has 0 bridgehead atoms. The Morgan fingerprint density at radius 3 is 2.62 bits per heavy atom. The number of ketones is 1. The molecular weight excluding hydrogens is 592 g/mol. The second kappa shape index (κ2) is 11.9. The summed E-state index contributed by atoms with van der Waals surface area (Å²) < 4.78 is 36.0. The van der Waals surface area contributed by atoms with E-state index in [2.05, 4.69) is 24.6 Å². The minimum absolute atomic E-state index is 0.0787. The molecule has 2 aliphatic heterocycles. The number of benzene rings is 1. The van der Waals surface area contributed by atoms with Crippen LogP contribution < -0.4 is 9.46 Å². The van der Waals surface area contributed by atoms with Crippen molar-refractivity contribution in [1.82, 2.24) is 19.2 Å². The molecule has 1 aromatic heterocycles. The van der Waals surface area contributed by atoms with Crippen LogP contribution in [0.4, 0.5) is 0 Å². The molecule has 2 aliphatic carbocycles. The van der Waals surface area contributed by atoms with Crippen molar-refractivity contribution in [1.29, 1.82) is 0 Å². The Kier molecular flexibility index (Phi) is 8.37. The summed E-state index contributed by atoms with van der Waals surface area (Å²) in [5, 5.41) is 0. The molecule has 0 radical (unpaired) electrons. The summed E-state index contributed by atoms with van der Waals surface area (Å²) in [6, 6.07) is 7.58. The number of para-hydroxylation sites is 2. The minimum atomic E-state index is -3.86. The van der Waals surface area contributed by atoms with Crippen molar-refractivity contribution in [2.24, 2.45) is 17.3 Å². The van der Waals surface area contributed by atoms with Crippen molar-refractivity contribution in [2.75, 3.05) is 6.54 Å². The molecule has 244 valence electrons. The van der Waals surface area contributed by atoms with Gasteiger partial charge in [0.1, 0.15) is 6.10 Å². The predicted molar refractivity (Wildman–Crippen MR) is 171 cm³/mol. The number of imidazole rings is 1. The number of carbonyl (C=O) groups excluding carboxylic acids is 3. The average Bonchev–Trinajstić information content (AvgIpc) is 3.81. The summed E-state index contributed by atoms with van der Waals surface area (Å²) in [7, 11) is -3.86. The van der Waals surface area contributed by atoms with Crippen molar-refractivity contribution in [2.45, 2.75) is 115 Å². The molecule has 45 heavy (non-hydrogen) atoms. The van der Waals surface area contributed by atoms with Gasteiger partial charge in [0, 0.05) is 24.8 Å². The first kappa shape index (κ1) is 31.8. The summed E-state index contributed by atoms with van der Waals surface area (Å²) in [6.07, 6.45) is 9.61. The largest absolute Gasteiger partial charge is 0.459 e. The van der Waals surface area contributed by atoms with Gasteiger partial charge in [0.2, 0.25) is 21.8 Å². The van der Waals surface area contributed by atoms with E-state index in [1.807, 2.05) is 41.8 Å². The lowest BCUT2D eigenvalue weighted by molar-refractivity contribution is -0.141. The number of fused-ring (bicyclic) bond motifs is 3. The number of ether oxygens (including phenoxy) is 1. The lowest BCUT2D eigenvalue weighted by Gasteiger charge is -2.28. The second-order valence-corrected chi connectivity index (χ2v) is 16.5. The van der Waals surface area contributed by atoms with Crippen LogP contribution in [0.15, 0.2) is 36.4 Å². The molecule has 4 aliphatic rings. The third-order valence-corrected chi connectivity index (χ3v) is 12.6. The van der Waals surface area contributed by atoms with Gasteiger partial charge in [-0.05, 0) is 77.3 Å². The number of nitrogens with one attached hydrogen (secondary N) is 1. The maximum Gasteiger partial charge on any atom is 0.297 e. The van der Waals surface area contributed by atoms with E-state index in [0.29, 0.717) is 25.3 Å². The molecule has 3 heterocycles. The van der Waals surface area contributed by atoms with E-state index < -0.39 is 38.2 Å². The Hall–Kier alpha value is -3.21. The summed E-state index contributed by atoms with van der Waals surface area (Å²) in [4.78, 5) is 48.1. The fraction of sp³-hybridized carbons (Fsp3) is 0.647. The zero-order valence-electron chi connectivity index (χ0n) is 26.8. The Bertz CT molecular complexity index is 1630. The van der Waals surface area contributed by atoms with Crippen LogP contribution in [0.3, 0.4) is 0 Å². The maximum absolute atomic E-state index is 14.2. The molecule has 3 fully saturated rings. The maximum atomic E-state index is 14.2. The van der Waals surface area contributed by atoms with E-state index in [0.717, 1.165) is 43.1 Å². The average molecular weight is 639 g/mol. The predicted octanol–water partition coefficient (Wildman–Crippen LogP) is 5.09. The van der Waals surface area contributed by atoms with E-state index in [1.165, 1.54) is 0 Å². The zero-order chi connectivity index (χ0) is 32.1. The number of allylic oxidation sites excluding steroid dienone is 2. The van der Waals surface area contributed by atoms with Crippen molar-refractivity contribution in [3.05, 3.63) is 36.4 Å². The van der Waals surface area contributed by atoms with Gasteiger partial charge < -0.3 is 9.64 Å². The van der Waals surface area contributed by atoms with Crippen LogP contribution in [-0.4, -0.2) is 63.9 Å². The van der Waals surface area contributed by atoms with Gasteiger partial charge in [0.05, 0.1) is 33.8 Å². The van der Waals surface area contributed by atoms with Gasteiger partial charge in [-0.15, -0.1) is 0 Å². The summed E-state index contributed by atoms with van der Waals surface area (Å²) in [5.74, 6) is -1.40. The molecule has 6 rings (SSSR count). The number of rotatable bonds is 6. The monoisotopic (exact) mass is 638 g/mol. The van der Waals surface area contributed by atoms with E-state index >= 15 is 0 Å². The third kappa shape index (κ3) is 6.04. The minimum Gasteiger partial charge on any atom is -0.459 e. The molecule has 2 saturated carbocycles. The van der Waals surface area contributed by atoms with Gasteiger partial charge >= 0.3 is 0 Å². The van der Waals surface area contributed by atoms with Gasteiger partial charge in [0.25, 0.3) is 6.01 Å². The summed E-state index contributed by atoms with van der Waals surface area (Å²) in [5.41, 5.74) is 0.620.